The van der Waals surface area contributed by atoms with Crippen LogP contribution in [0.4, 0.5) is 18.9 Å². The van der Waals surface area contributed by atoms with E-state index in [-0.39, 0.29) is 5.91 Å². The van der Waals surface area contributed by atoms with Crippen LogP contribution in [0.2, 0.25) is 0 Å². The summed E-state index contributed by atoms with van der Waals surface area (Å²) in [5.41, 5.74) is 4.30. The molecule has 1 saturated heterocycles. The molecule has 44 heavy (non-hydrogen) atoms. The SMILES string of the molecule is CCCCn1c(SCCCCC(=O)N2CCN(c3cccc(C(F)(F)F)c3)CC2)nc(-c2ccccc2)c1-c1ccccc1. The van der Waals surface area contributed by atoms with Crippen molar-refractivity contribution in [1.82, 2.24) is 14.5 Å². The number of amides is 1. The number of anilines is 1. The molecule has 0 aliphatic carbocycles. The van der Waals surface area contributed by atoms with E-state index in [9.17, 15) is 18.0 Å². The van der Waals surface area contributed by atoms with Gasteiger partial charge < -0.3 is 14.4 Å². The van der Waals surface area contributed by atoms with Crippen LogP contribution in [0.3, 0.4) is 0 Å². The molecule has 3 aromatic carbocycles. The number of aromatic nitrogens is 2. The van der Waals surface area contributed by atoms with E-state index in [4.69, 9.17) is 4.98 Å². The first-order chi connectivity index (χ1) is 21.3. The zero-order chi connectivity index (χ0) is 30.9. The fraction of sp³-hybridized carbons (Fsp3) is 0.371. The van der Waals surface area contributed by atoms with Crippen LogP contribution in [0.25, 0.3) is 22.5 Å². The second-order valence-electron chi connectivity index (χ2n) is 11.1. The summed E-state index contributed by atoms with van der Waals surface area (Å²) in [5.74, 6) is 0.975. The highest BCUT2D eigenvalue weighted by molar-refractivity contribution is 7.99. The molecule has 1 aliphatic heterocycles. The van der Waals surface area contributed by atoms with Gasteiger partial charge in [0.2, 0.25) is 5.91 Å². The van der Waals surface area contributed by atoms with Crippen LogP contribution in [0.1, 0.15) is 44.6 Å². The second-order valence-corrected chi connectivity index (χ2v) is 12.1. The van der Waals surface area contributed by atoms with Crippen LogP contribution >= 0.6 is 11.8 Å². The summed E-state index contributed by atoms with van der Waals surface area (Å²) >= 11 is 1.75. The molecule has 232 valence electrons. The molecular formula is C35H39F3N4OS. The molecule has 0 saturated carbocycles. The van der Waals surface area contributed by atoms with Gasteiger partial charge in [-0.15, -0.1) is 0 Å². The molecule has 4 aromatic rings. The Morgan fingerprint density at radius 2 is 1.52 bits per heavy atom. The van der Waals surface area contributed by atoms with Crippen LogP contribution in [-0.4, -0.2) is 52.3 Å². The molecule has 0 atom stereocenters. The molecule has 5 rings (SSSR count). The Labute approximate surface area is 262 Å². The van der Waals surface area contributed by atoms with Crippen LogP contribution in [-0.2, 0) is 17.5 Å². The van der Waals surface area contributed by atoms with Crippen molar-refractivity contribution in [1.29, 1.82) is 0 Å². The molecule has 1 aliphatic rings. The molecule has 9 heteroatoms. The summed E-state index contributed by atoms with van der Waals surface area (Å²) in [6.45, 7) is 5.18. The number of imidazole rings is 1. The molecular weight excluding hydrogens is 581 g/mol. The van der Waals surface area contributed by atoms with Crippen LogP contribution in [0.5, 0.6) is 0 Å². The number of nitrogens with zero attached hydrogens (tertiary/aromatic N) is 4. The van der Waals surface area contributed by atoms with Gasteiger partial charge in [-0.25, -0.2) is 4.98 Å². The first-order valence-corrected chi connectivity index (χ1v) is 16.4. The maximum Gasteiger partial charge on any atom is 0.416 e. The number of benzene rings is 3. The predicted octanol–water partition coefficient (Wildman–Crippen LogP) is 8.65. The first-order valence-electron chi connectivity index (χ1n) is 15.4. The summed E-state index contributed by atoms with van der Waals surface area (Å²) < 4.78 is 41.7. The van der Waals surface area contributed by atoms with Crippen molar-refractivity contribution in [2.75, 3.05) is 36.8 Å². The number of carbonyl (C=O) groups excluding carboxylic acids is 1. The van der Waals surface area contributed by atoms with Gasteiger partial charge in [0.25, 0.3) is 0 Å². The zero-order valence-corrected chi connectivity index (χ0v) is 25.9. The van der Waals surface area contributed by atoms with Gasteiger partial charge in [0.15, 0.2) is 5.16 Å². The lowest BCUT2D eigenvalue weighted by Crippen LogP contribution is -2.48. The highest BCUT2D eigenvalue weighted by Gasteiger charge is 2.31. The normalized spacial score (nSPS) is 13.8. The molecule has 0 bridgehead atoms. The minimum atomic E-state index is -4.37. The van der Waals surface area contributed by atoms with Crippen molar-refractivity contribution < 1.29 is 18.0 Å². The third-order valence-electron chi connectivity index (χ3n) is 7.95. The number of halogens is 3. The van der Waals surface area contributed by atoms with E-state index in [1.54, 1.807) is 17.8 Å². The number of hydrogen-bond donors (Lipinski definition) is 0. The van der Waals surface area contributed by atoms with Crippen molar-refractivity contribution in [3.05, 3.63) is 90.5 Å². The minimum absolute atomic E-state index is 0.112. The Kier molecular flexibility index (Phi) is 10.7. The third-order valence-corrected chi connectivity index (χ3v) is 9.01. The van der Waals surface area contributed by atoms with Gasteiger partial charge in [0, 0.05) is 61.7 Å². The first kappa shape index (κ1) is 31.7. The van der Waals surface area contributed by atoms with Gasteiger partial charge in [0.1, 0.15) is 0 Å². The van der Waals surface area contributed by atoms with Crippen molar-refractivity contribution in [3.63, 3.8) is 0 Å². The number of alkyl halides is 3. The summed E-state index contributed by atoms with van der Waals surface area (Å²) in [4.78, 5) is 21.8. The lowest BCUT2D eigenvalue weighted by atomic mass is 10.0. The largest absolute Gasteiger partial charge is 0.416 e. The molecule has 5 nitrogen and oxygen atoms in total. The average molecular weight is 621 g/mol. The fourth-order valence-electron chi connectivity index (χ4n) is 5.55. The van der Waals surface area contributed by atoms with E-state index in [2.05, 4.69) is 47.9 Å². The molecule has 2 heterocycles. The average Bonchev–Trinajstić information content (AvgIpc) is 3.42. The molecule has 0 unspecified atom stereocenters. The van der Waals surface area contributed by atoms with Crippen molar-refractivity contribution in [2.24, 2.45) is 0 Å². The maximum atomic E-state index is 13.1. The van der Waals surface area contributed by atoms with E-state index < -0.39 is 11.7 Å². The number of hydrogen-bond acceptors (Lipinski definition) is 4. The number of thioether (sulfide) groups is 1. The third kappa shape index (κ3) is 7.86. The van der Waals surface area contributed by atoms with Gasteiger partial charge in [-0.3, -0.25) is 4.79 Å². The number of unbranched alkanes of at least 4 members (excludes halogenated alkanes) is 2. The van der Waals surface area contributed by atoms with Crippen molar-refractivity contribution in [2.45, 2.75) is 56.9 Å². The fourth-order valence-corrected chi connectivity index (χ4v) is 6.57. The molecule has 0 radical (unpaired) electrons. The zero-order valence-electron chi connectivity index (χ0n) is 25.1. The quantitative estimate of drug-likeness (QED) is 0.117. The van der Waals surface area contributed by atoms with Gasteiger partial charge in [-0.05, 0) is 37.5 Å². The van der Waals surface area contributed by atoms with Gasteiger partial charge in [-0.1, -0.05) is 91.8 Å². The van der Waals surface area contributed by atoms with E-state index in [0.717, 1.165) is 71.7 Å². The summed E-state index contributed by atoms with van der Waals surface area (Å²) in [6.07, 6.45) is -0.0654. The number of carbonyl (C=O) groups is 1. The van der Waals surface area contributed by atoms with Gasteiger partial charge in [0.05, 0.1) is 17.0 Å². The maximum absolute atomic E-state index is 13.1. The Morgan fingerprint density at radius 3 is 2.18 bits per heavy atom. The van der Waals surface area contributed by atoms with Gasteiger partial charge >= 0.3 is 6.18 Å². The summed E-state index contributed by atoms with van der Waals surface area (Å²) in [6, 6.07) is 26.2. The van der Waals surface area contributed by atoms with E-state index in [0.29, 0.717) is 38.3 Å². The minimum Gasteiger partial charge on any atom is -0.368 e. The summed E-state index contributed by atoms with van der Waals surface area (Å²) in [7, 11) is 0. The lowest BCUT2D eigenvalue weighted by Gasteiger charge is -2.36. The van der Waals surface area contributed by atoms with E-state index in [1.807, 2.05) is 34.1 Å². The van der Waals surface area contributed by atoms with Crippen LogP contribution in [0.15, 0.2) is 90.1 Å². The highest BCUT2D eigenvalue weighted by atomic mass is 32.2. The smallest absolute Gasteiger partial charge is 0.368 e. The standard InChI is InChI=1S/C35H39F3N4OS/c1-2-3-20-42-33(28-15-8-5-9-16-28)32(27-13-6-4-7-14-27)39-34(42)44-25-11-10-19-31(43)41-23-21-40(22-24-41)30-18-12-17-29(26-30)35(36,37)38/h4-9,12-18,26H,2-3,10-11,19-25H2,1H3. The Balaban J connectivity index is 1.16. The number of rotatable bonds is 12. The predicted molar refractivity (Wildman–Crippen MR) is 173 cm³/mol. The lowest BCUT2D eigenvalue weighted by molar-refractivity contribution is -0.137. The topological polar surface area (TPSA) is 41.4 Å². The van der Waals surface area contributed by atoms with Crippen LogP contribution < -0.4 is 4.90 Å². The number of piperazine rings is 1. The molecule has 0 spiro atoms. The monoisotopic (exact) mass is 620 g/mol. The Bertz CT molecular complexity index is 1500. The Hall–Kier alpha value is -3.72. The van der Waals surface area contributed by atoms with Crippen LogP contribution in [0, 0.1) is 0 Å². The van der Waals surface area contributed by atoms with E-state index >= 15 is 0 Å². The summed E-state index contributed by atoms with van der Waals surface area (Å²) in [5, 5.41) is 1.01. The molecule has 1 fully saturated rings. The Morgan fingerprint density at radius 1 is 0.841 bits per heavy atom. The second kappa shape index (κ2) is 14.8. The molecule has 1 amide bonds. The van der Waals surface area contributed by atoms with E-state index in [1.165, 1.54) is 12.1 Å². The van der Waals surface area contributed by atoms with Crippen molar-refractivity contribution >= 4 is 23.4 Å². The van der Waals surface area contributed by atoms with Crippen molar-refractivity contribution in [3.8, 4) is 22.5 Å². The molecule has 1 aromatic heterocycles. The highest BCUT2D eigenvalue weighted by Crippen LogP contribution is 2.37. The van der Waals surface area contributed by atoms with Gasteiger partial charge in [-0.2, -0.15) is 13.2 Å². The molecule has 0 N–H and O–H groups in total.